The van der Waals surface area contributed by atoms with Gasteiger partial charge in [0.25, 0.3) is 0 Å². The molecule has 0 fully saturated rings. The molecule has 0 bridgehead atoms. The van der Waals surface area contributed by atoms with Crippen LogP contribution in [-0.4, -0.2) is 0 Å². The van der Waals surface area contributed by atoms with Gasteiger partial charge in [-0.1, -0.05) is 51.8 Å². The van der Waals surface area contributed by atoms with E-state index in [1.165, 1.54) is 0 Å². The maximum atomic E-state index is 6.04. The van der Waals surface area contributed by atoms with Crippen LogP contribution in [0.25, 0.3) is 5.57 Å². The van der Waals surface area contributed by atoms with Gasteiger partial charge < -0.3 is 0 Å². The van der Waals surface area contributed by atoms with Crippen LogP contribution in [0.3, 0.4) is 0 Å². The van der Waals surface area contributed by atoms with Gasteiger partial charge in [0.05, 0.1) is 0 Å². The molecule has 0 N–H and O–H groups in total. The predicted molar refractivity (Wildman–Crippen MR) is 63.2 cm³/mol. The first-order valence-corrected chi connectivity index (χ1v) is 5.24. The highest BCUT2D eigenvalue weighted by Crippen LogP contribution is 2.26. The highest BCUT2D eigenvalue weighted by atomic mass is 79.9. The van der Waals surface area contributed by atoms with Gasteiger partial charge in [-0.25, -0.2) is 0 Å². The molecule has 0 amide bonds. The minimum Gasteiger partial charge on any atom is -0.103 e. The Kier molecular flexibility index (Phi) is 4.26. The van der Waals surface area contributed by atoms with Gasteiger partial charge in [0, 0.05) is 5.02 Å². The number of halogens is 2. The third kappa shape index (κ3) is 2.71. The summed E-state index contributed by atoms with van der Waals surface area (Å²) in [7, 11) is 0. The largest absolute Gasteiger partial charge is 0.103 e. The van der Waals surface area contributed by atoms with Crippen molar-refractivity contribution in [3.8, 4) is 0 Å². The van der Waals surface area contributed by atoms with Crippen LogP contribution in [0.1, 0.15) is 12.0 Å². The molecule has 1 rings (SSSR count). The molecule has 0 nitrogen and oxygen atoms in total. The molecule has 0 unspecified atom stereocenters. The minimum absolute atomic E-state index is 0.773. The van der Waals surface area contributed by atoms with Crippen molar-refractivity contribution in [2.45, 2.75) is 6.42 Å². The first-order valence-electron chi connectivity index (χ1n) is 3.94. The summed E-state index contributed by atoms with van der Waals surface area (Å²) >= 11 is 9.36. The van der Waals surface area contributed by atoms with Crippen LogP contribution >= 0.6 is 27.5 Å². The van der Waals surface area contributed by atoms with Crippen molar-refractivity contribution in [3.05, 3.63) is 52.5 Å². The molecule has 13 heavy (non-hydrogen) atoms. The Hall–Kier alpha value is -0.530. The Labute approximate surface area is 92.0 Å². The van der Waals surface area contributed by atoms with Gasteiger partial charge >= 0.3 is 0 Å². The smallest absolute Gasteiger partial charge is 0.0481 e. The predicted octanol–water partition coefficient (Wildman–Crippen LogP) is 4.65. The number of allylic oxidation sites excluding steroid dienone is 2. The fourth-order valence-corrected chi connectivity index (χ4v) is 1.78. The van der Waals surface area contributed by atoms with Crippen LogP contribution < -0.4 is 0 Å². The molecule has 0 heterocycles. The van der Waals surface area contributed by atoms with E-state index in [0.29, 0.717) is 0 Å². The summed E-state index contributed by atoms with van der Waals surface area (Å²) in [6.07, 6.45) is 2.67. The van der Waals surface area contributed by atoms with Crippen LogP contribution in [0.5, 0.6) is 0 Å². The van der Waals surface area contributed by atoms with Crippen molar-refractivity contribution in [1.29, 1.82) is 0 Å². The standard InChI is InChI=1S/C11H10BrCl/c1-2-5-9(8-12)10-6-3-4-7-11(10)13/h2-4,6-8H,1,5H2/b9-8-. The molecule has 0 spiro atoms. The van der Waals surface area contributed by atoms with Crippen LogP contribution in [0.2, 0.25) is 5.02 Å². The summed E-state index contributed by atoms with van der Waals surface area (Å²) in [6.45, 7) is 3.70. The van der Waals surface area contributed by atoms with Crippen molar-refractivity contribution in [2.24, 2.45) is 0 Å². The summed E-state index contributed by atoms with van der Waals surface area (Å²) < 4.78 is 0. The Balaban J connectivity index is 3.05. The quantitative estimate of drug-likeness (QED) is 0.691. The molecule has 0 aliphatic heterocycles. The van der Waals surface area contributed by atoms with E-state index in [2.05, 4.69) is 22.5 Å². The van der Waals surface area contributed by atoms with Crippen molar-refractivity contribution in [1.82, 2.24) is 0 Å². The number of rotatable bonds is 3. The van der Waals surface area contributed by atoms with Crippen molar-refractivity contribution in [2.75, 3.05) is 0 Å². The molecule has 68 valence electrons. The number of benzene rings is 1. The average Bonchev–Trinajstić information content (AvgIpc) is 2.16. The second-order valence-corrected chi connectivity index (χ2v) is 3.47. The monoisotopic (exact) mass is 256 g/mol. The fourth-order valence-electron chi connectivity index (χ4n) is 1.09. The molecule has 0 saturated heterocycles. The van der Waals surface area contributed by atoms with Gasteiger partial charge in [-0.3, -0.25) is 0 Å². The Morgan fingerprint density at radius 3 is 2.69 bits per heavy atom. The zero-order valence-electron chi connectivity index (χ0n) is 7.13. The summed E-state index contributed by atoms with van der Waals surface area (Å²) in [6, 6.07) is 7.78. The van der Waals surface area contributed by atoms with E-state index in [0.717, 1.165) is 22.6 Å². The van der Waals surface area contributed by atoms with Gasteiger partial charge in [0.1, 0.15) is 0 Å². The van der Waals surface area contributed by atoms with E-state index in [4.69, 9.17) is 11.6 Å². The van der Waals surface area contributed by atoms with Crippen LogP contribution in [0.15, 0.2) is 41.9 Å². The van der Waals surface area contributed by atoms with Crippen LogP contribution in [0.4, 0.5) is 0 Å². The van der Waals surface area contributed by atoms with E-state index in [-0.39, 0.29) is 0 Å². The van der Waals surface area contributed by atoms with Gasteiger partial charge in [-0.05, 0) is 28.6 Å². The van der Waals surface area contributed by atoms with E-state index < -0.39 is 0 Å². The highest BCUT2D eigenvalue weighted by Gasteiger charge is 2.02. The van der Waals surface area contributed by atoms with Crippen molar-refractivity contribution < 1.29 is 0 Å². The van der Waals surface area contributed by atoms with Gasteiger partial charge in [-0.2, -0.15) is 0 Å². The van der Waals surface area contributed by atoms with E-state index in [9.17, 15) is 0 Å². The summed E-state index contributed by atoms with van der Waals surface area (Å²) in [4.78, 5) is 1.88. The third-order valence-electron chi connectivity index (χ3n) is 1.72. The molecule has 2 heteroatoms. The molecule has 0 atom stereocenters. The molecule has 0 radical (unpaired) electrons. The normalized spacial score (nSPS) is 11.4. The highest BCUT2D eigenvalue weighted by molar-refractivity contribution is 9.11. The van der Waals surface area contributed by atoms with E-state index >= 15 is 0 Å². The molecule has 0 aromatic heterocycles. The van der Waals surface area contributed by atoms with E-state index in [1.807, 2.05) is 35.3 Å². The van der Waals surface area contributed by atoms with Crippen molar-refractivity contribution in [3.63, 3.8) is 0 Å². The molecular weight excluding hydrogens is 247 g/mol. The van der Waals surface area contributed by atoms with Gasteiger partial charge in [0.2, 0.25) is 0 Å². The lowest BCUT2D eigenvalue weighted by molar-refractivity contribution is 1.41. The minimum atomic E-state index is 0.773. The van der Waals surface area contributed by atoms with Crippen molar-refractivity contribution >= 4 is 33.1 Å². The topological polar surface area (TPSA) is 0 Å². The van der Waals surface area contributed by atoms with Gasteiger partial charge in [0.15, 0.2) is 0 Å². The molecule has 0 aliphatic rings. The molecule has 1 aromatic rings. The number of hydrogen-bond acceptors (Lipinski definition) is 0. The van der Waals surface area contributed by atoms with Gasteiger partial charge in [-0.15, -0.1) is 6.58 Å². The summed E-state index contributed by atoms with van der Waals surface area (Å²) in [5, 5.41) is 0.773. The number of hydrogen-bond donors (Lipinski definition) is 0. The second-order valence-electron chi connectivity index (χ2n) is 2.61. The first-order chi connectivity index (χ1) is 6.29. The van der Waals surface area contributed by atoms with E-state index in [1.54, 1.807) is 0 Å². The maximum Gasteiger partial charge on any atom is 0.0481 e. The zero-order valence-corrected chi connectivity index (χ0v) is 9.48. The molecular formula is C11H10BrCl. The Morgan fingerprint density at radius 1 is 1.46 bits per heavy atom. The first kappa shape index (κ1) is 10.6. The average molecular weight is 258 g/mol. The lowest BCUT2D eigenvalue weighted by Crippen LogP contribution is -1.83. The SMILES string of the molecule is C=CC/C(=C/Br)c1ccccc1Cl. The molecule has 0 saturated carbocycles. The lowest BCUT2D eigenvalue weighted by Gasteiger charge is -2.05. The van der Waals surface area contributed by atoms with Crippen LogP contribution in [0, 0.1) is 0 Å². The third-order valence-corrected chi connectivity index (χ3v) is 2.60. The Morgan fingerprint density at radius 2 is 2.15 bits per heavy atom. The lowest BCUT2D eigenvalue weighted by atomic mass is 10.1. The molecule has 1 aromatic carbocycles. The summed E-state index contributed by atoms with van der Waals surface area (Å²) in [5.41, 5.74) is 2.20. The zero-order chi connectivity index (χ0) is 9.68. The second kappa shape index (κ2) is 5.25. The molecule has 0 aliphatic carbocycles. The summed E-state index contributed by atoms with van der Waals surface area (Å²) in [5.74, 6) is 0. The maximum absolute atomic E-state index is 6.04. The fraction of sp³-hybridized carbons (Fsp3) is 0.0909. The Bertz CT molecular complexity index is 329. The van der Waals surface area contributed by atoms with Crippen LogP contribution in [-0.2, 0) is 0 Å².